The van der Waals surface area contributed by atoms with E-state index in [1.54, 1.807) is 26.1 Å². The SMILES string of the molecule is COCCn1c(-c2nc(C(=O)N(C)C)cs2)cc2ccccc21. The van der Waals surface area contributed by atoms with Crippen LogP contribution in [0.25, 0.3) is 21.6 Å². The van der Waals surface area contributed by atoms with Crippen LogP contribution in [0.1, 0.15) is 10.5 Å². The van der Waals surface area contributed by atoms with E-state index in [2.05, 4.69) is 27.8 Å². The van der Waals surface area contributed by atoms with Gasteiger partial charge in [-0.05, 0) is 12.1 Å². The number of carbonyl (C=O) groups is 1. The van der Waals surface area contributed by atoms with Gasteiger partial charge in [-0.1, -0.05) is 18.2 Å². The van der Waals surface area contributed by atoms with Crippen LogP contribution < -0.4 is 0 Å². The van der Waals surface area contributed by atoms with Gasteiger partial charge in [-0.15, -0.1) is 11.3 Å². The molecule has 0 unspecified atom stereocenters. The van der Waals surface area contributed by atoms with Crippen LogP contribution in [0.15, 0.2) is 35.7 Å². The number of para-hydroxylation sites is 1. The van der Waals surface area contributed by atoms with Crippen LogP contribution in [0.4, 0.5) is 0 Å². The van der Waals surface area contributed by atoms with Gasteiger partial charge in [0.25, 0.3) is 5.91 Å². The van der Waals surface area contributed by atoms with Crippen LogP contribution >= 0.6 is 11.3 Å². The highest BCUT2D eigenvalue weighted by Crippen LogP contribution is 2.30. The second-order valence-electron chi connectivity index (χ2n) is 5.47. The number of fused-ring (bicyclic) bond motifs is 1. The first-order valence-corrected chi connectivity index (χ1v) is 8.24. The summed E-state index contributed by atoms with van der Waals surface area (Å²) in [7, 11) is 5.16. The average Bonchev–Trinajstić information content (AvgIpc) is 3.16. The summed E-state index contributed by atoms with van der Waals surface area (Å²) in [5.41, 5.74) is 2.65. The molecule has 3 rings (SSSR count). The van der Waals surface area contributed by atoms with E-state index in [-0.39, 0.29) is 5.91 Å². The molecule has 5 nitrogen and oxygen atoms in total. The van der Waals surface area contributed by atoms with Gasteiger partial charge in [0.2, 0.25) is 0 Å². The van der Waals surface area contributed by atoms with Crippen LogP contribution in [0.3, 0.4) is 0 Å². The fourth-order valence-electron chi connectivity index (χ4n) is 2.53. The summed E-state index contributed by atoms with van der Waals surface area (Å²) in [4.78, 5) is 18.1. The maximum Gasteiger partial charge on any atom is 0.272 e. The summed E-state index contributed by atoms with van der Waals surface area (Å²) in [6, 6.07) is 10.3. The Morgan fingerprint density at radius 1 is 1.35 bits per heavy atom. The molecule has 0 saturated heterocycles. The minimum Gasteiger partial charge on any atom is -0.383 e. The molecule has 1 aromatic carbocycles. The summed E-state index contributed by atoms with van der Waals surface area (Å²) in [5, 5.41) is 3.83. The number of ether oxygens (including phenoxy) is 1. The van der Waals surface area contributed by atoms with Gasteiger partial charge < -0.3 is 14.2 Å². The first-order chi connectivity index (χ1) is 11.1. The van der Waals surface area contributed by atoms with Gasteiger partial charge in [0.15, 0.2) is 0 Å². The molecule has 0 aliphatic heterocycles. The van der Waals surface area contributed by atoms with E-state index < -0.39 is 0 Å². The van der Waals surface area contributed by atoms with E-state index in [1.165, 1.54) is 11.3 Å². The summed E-state index contributed by atoms with van der Waals surface area (Å²) >= 11 is 1.49. The standard InChI is InChI=1S/C17H19N3O2S/c1-19(2)17(21)13-11-23-16(18-13)15-10-12-6-4-5-7-14(12)20(15)8-9-22-3/h4-7,10-11H,8-9H2,1-3H3. The largest absolute Gasteiger partial charge is 0.383 e. The molecule has 0 aliphatic carbocycles. The van der Waals surface area contributed by atoms with Crippen molar-refractivity contribution in [3.8, 4) is 10.7 Å². The maximum absolute atomic E-state index is 12.1. The Bertz CT molecular complexity index is 835. The van der Waals surface area contributed by atoms with Crippen LogP contribution in [-0.2, 0) is 11.3 Å². The molecule has 0 bridgehead atoms. The number of carbonyl (C=O) groups excluding carboxylic acids is 1. The highest BCUT2D eigenvalue weighted by Gasteiger charge is 2.17. The molecule has 0 spiro atoms. The number of hydrogen-bond donors (Lipinski definition) is 0. The minimum atomic E-state index is -0.0768. The van der Waals surface area contributed by atoms with Crippen molar-refractivity contribution in [1.82, 2.24) is 14.5 Å². The van der Waals surface area contributed by atoms with Crippen LogP contribution in [0, 0.1) is 0 Å². The first-order valence-electron chi connectivity index (χ1n) is 7.36. The number of methoxy groups -OCH3 is 1. The lowest BCUT2D eigenvalue weighted by molar-refractivity contribution is 0.0823. The highest BCUT2D eigenvalue weighted by atomic mass is 32.1. The van der Waals surface area contributed by atoms with E-state index in [1.807, 2.05) is 17.5 Å². The Morgan fingerprint density at radius 2 is 2.13 bits per heavy atom. The second-order valence-corrected chi connectivity index (χ2v) is 6.33. The molecule has 1 amide bonds. The molecule has 6 heteroatoms. The Hall–Kier alpha value is -2.18. The van der Waals surface area contributed by atoms with E-state index in [4.69, 9.17) is 4.74 Å². The Morgan fingerprint density at radius 3 is 2.87 bits per heavy atom. The summed E-state index contributed by atoms with van der Waals surface area (Å²) < 4.78 is 7.43. The van der Waals surface area contributed by atoms with Crippen molar-refractivity contribution in [1.29, 1.82) is 0 Å². The molecule has 0 radical (unpaired) electrons. The zero-order chi connectivity index (χ0) is 16.4. The van der Waals surface area contributed by atoms with E-state index in [0.29, 0.717) is 12.3 Å². The predicted octanol–water partition coefficient (Wildman–Crippen LogP) is 3.11. The maximum atomic E-state index is 12.1. The molecule has 0 fully saturated rings. The van der Waals surface area contributed by atoms with Gasteiger partial charge in [0, 0.05) is 44.0 Å². The monoisotopic (exact) mass is 329 g/mol. The summed E-state index contributed by atoms with van der Waals surface area (Å²) in [5.74, 6) is -0.0768. The third kappa shape index (κ3) is 3.00. The molecule has 3 aromatic rings. The Balaban J connectivity index is 2.06. The first kappa shape index (κ1) is 15.7. The van der Waals surface area contributed by atoms with Gasteiger partial charge in [-0.3, -0.25) is 4.79 Å². The molecule has 0 saturated carbocycles. The smallest absolute Gasteiger partial charge is 0.272 e. The van der Waals surface area contributed by atoms with Gasteiger partial charge in [0.1, 0.15) is 10.7 Å². The van der Waals surface area contributed by atoms with Crippen LogP contribution in [0.5, 0.6) is 0 Å². The van der Waals surface area contributed by atoms with Crippen molar-refractivity contribution in [2.45, 2.75) is 6.54 Å². The molecular formula is C17H19N3O2S. The van der Waals surface area contributed by atoms with Crippen molar-refractivity contribution in [3.63, 3.8) is 0 Å². The number of hydrogen-bond acceptors (Lipinski definition) is 4. The molecule has 120 valence electrons. The molecule has 2 aromatic heterocycles. The fourth-order valence-corrected chi connectivity index (χ4v) is 3.35. The van der Waals surface area contributed by atoms with Crippen molar-refractivity contribution >= 4 is 28.1 Å². The van der Waals surface area contributed by atoms with Crippen molar-refractivity contribution in [2.75, 3.05) is 27.8 Å². The van der Waals surface area contributed by atoms with Crippen molar-refractivity contribution in [2.24, 2.45) is 0 Å². The molecule has 23 heavy (non-hydrogen) atoms. The number of rotatable bonds is 5. The number of aromatic nitrogens is 2. The third-order valence-corrected chi connectivity index (χ3v) is 4.54. The zero-order valence-corrected chi connectivity index (χ0v) is 14.3. The van der Waals surface area contributed by atoms with Gasteiger partial charge >= 0.3 is 0 Å². The van der Waals surface area contributed by atoms with Gasteiger partial charge in [0.05, 0.1) is 12.3 Å². The minimum absolute atomic E-state index is 0.0768. The Labute approximate surface area is 139 Å². The lowest BCUT2D eigenvalue weighted by atomic mass is 10.2. The van der Waals surface area contributed by atoms with Crippen molar-refractivity contribution < 1.29 is 9.53 Å². The number of amides is 1. The van der Waals surface area contributed by atoms with Crippen LogP contribution in [-0.4, -0.2) is 48.2 Å². The molecule has 0 atom stereocenters. The molecule has 0 N–H and O–H groups in total. The number of nitrogens with zero attached hydrogens (tertiary/aromatic N) is 3. The summed E-state index contributed by atoms with van der Waals surface area (Å²) in [6.45, 7) is 1.37. The normalized spacial score (nSPS) is 11.1. The summed E-state index contributed by atoms with van der Waals surface area (Å²) in [6.07, 6.45) is 0. The third-order valence-electron chi connectivity index (χ3n) is 3.68. The molecular weight excluding hydrogens is 310 g/mol. The van der Waals surface area contributed by atoms with Gasteiger partial charge in [-0.2, -0.15) is 0 Å². The lowest BCUT2D eigenvalue weighted by Crippen LogP contribution is -2.21. The Kier molecular flexibility index (Phi) is 4.45. The zero-order valence-electron chi connectivity index (χ0n) is 13.4. The highest BCUT2D eigenvalue weighted by molar-refractivity contribution is 7.13. The second kappa shape index (κ2) is 6.52. The van der Waals surface area contributed by atoms with E-state index in [0.717, 1.165) is 28.1 Å². The fraction of sp³-hybridized carbons (Fsp3) is 0.294. The van der Waals surface area contributed by atoms with E-state index >= 15 is 0 Å². The van der Waals surface area contributed by atoms with Gasteiger partial charge in [-0.25, -0.2) is 4.98 Å². The average molecular weight is 329 g/mol. The lowest BCUT2D eigenvalue weighted by Gasteiger charge is -2.09. The topological polar surface area (TPSA) is 47.4 Å². The quantitative estimate of drug-likeness (QED) is 0.722. The van der Waals surface area contributed by atoms with E-state index in [9.17, 15) is 4.79 Å². The molecule has 2 heterocycles. The predicted molar refractivity (Wildman–Crippen MR) is 92.9 cm³/mol. The number of thiazole rings is 1. The van der Waals surface area contributed by atoms with Crippen molar-refractivity contribution in [3.05, 3.63) is 41.4 Å². The van der Waals surface area contributed by atoms with Crippen LogP contribution in [0.2, 0.25) is 0 Å². The molecule has 0 aliphatic rings. The number of benzene rings is 1.